The van der Waals surface area contributed by atoms with E-state index >= 15 is 0 Å². The minimum Gasteiger partial charge on any atom is -0.489 e. The van der Waals surface area contributed by atoms with E-state index in [9.17, 15) is 19.2 Å². The maximum Gasteiger partial charge on any atom is 0.272 e. The van der Waals surface area contributed by atoms with Gasteiger partial charge >= 0.3 is 0 Å². The minimum absolute atomic E-state index is 0.139. The van der Waals surface area contributed by atoms with Crippen molar-refractivity contribution >= 4 is 52.4 Å². The number of ether oxygens (including phenoxy) is 1. The molecule has 6 aliphatic heterocycles. The fourth-order valence-corrected chi connectivity index (χ4v) is 11.2. The summed E-state index contributed by atoms with van der Waals surface area (Å²) in [6.07, 6.45) is 3.75. The maximum atomic E-state index is 13.4. The lowest BCUT2D eigenvalue weighted by atomic mass is 9.49. The van der Waals surface area contributed by atoms with Crippen LogP contribution < -0.4 is 25.2 Å². The van der Waals surface area contributed by atoms with Gasteiger partial charge in [0.1, 0.15) is 17.9 Å². The summed E-state index contributed by atoms with van der Waals surface area (Å²) in [5, 5.41) is 14.8. The van der Waals surface area contributed by atoms with Crippen LogP contribution in [0.4, 0.5) is 17.2 Å². The molecule has 0 radical (unpaired) electrons. The lowest BCUT2D eigenvalue weighted by Crippen LogP contribution is -2.74. The van der Waals surface area contributed by atoms with Crippen LogP contribution in [0.3, 0.4) is 0 Å². The van der Waals surface area contributed by atoms with Gasteiger partial charge in [0.25, 0.3) is 11.8 Å². The second kappa shape index (κ2) is 14.8. The van der Waals surface area contributed by atoms with Crippen molar-refractivity contribution in [3.63, 3.8) is 0 Å². The number of carbonyl (C=O) groups excluding carboxylic acids is 4. The zero-order chi connectivity index (χ0) is 41.4. The van der Waals surface area contributed by atoms with Crippen LogP contribution in [0.5, 0.6) is 5.75 Å². The van der Waals surface area contributed by atoms with Crippen molar-refractivity contribution in [2.45, 2.75) is 96.6 Å². The number of nitrogens with one attached hydrogen (secondary N) is 2. The van der Waals surface area contributed by atoms with E-state index in [1.54, 1.807) is 29.2 Å². The highest BCUT2D eigenvalue weighted by molar-refractivity contribution is 6.33. The van der Waals surface area contributed by atoms with Crippen LogP contribution in [-0.2, 0) is 16.1 Å². The monoisotopic (exact) mass is 819 g/mol. The van der Waals surface area contributed by atoms with E-state index in [0.717, 1.165) is 62.6 Å². The Labute approximate surface area is 349 Å². The quantitative estimate of drug-likeness (QED) is 0.218. The molecule has 2 aromatic carbocycles. The van der Waals surface area contributed by atoms with Crippen LogP contribution in [0.2, 0.25) is 5.02 Å². The summed E-state index contributed by atoms with van der Waals surface area (Å²) in [5.74, 6) is 0.908. The first kappa shape index (κ1) is 39.2. The molecule has 3 aromatic rings. The molecule has 3 atom stereocenters. The summed E-state index contributed by atoms with van der Waals surface area (Å²) in [4.78, 5) is 63.2. The highest BCUT2D eigenvalue weighted by atomic mass is 35.5. The highest BCUT2D eigenvalue weighted by Crippen LogP contribution is 2.56. The molecule has 1 aliphatic carbocycles. The number of carbonyl (C=O) groups is 4. The number of hydrogen-bond donors (Lipinski definition) is 2. The molecule has 0 spiro atoms. The van der Waals surface area contributed by atoms with E-state index < -0.39 is 6.04 Å². The maximum absolute atomic E-state index is 13.4. The molecule has 5 saturated heterocycles. The van der Waals surface area contributed by atoms with E-state index in [1.165, 1.54) is 6.42 Å². The Balaban J connectivity index is 0.739. The first-order chi connectivity index (χ1) is 28.2. The molecule has 15 heteroatoms. The Morgan fingerprint density at radius 1 is 0.966 bits per heavy atom. The number of rotatable bonds is 9. The van der Waals surface area contributed by atoms with Gasteiger partial charge in [-0.2, -0.15) is 0 Å². The lowest BCUT2D eigenvalue weighted by Gasteiger charge is -2.63. The van der Waals surface area contributed by atoms with Gasteiger partial charge in [-0.3, -0.25) is 29.4 Å². The molecule has 6 fully saturated rings. The van der Waals surface area contributed by atoms with E-state index in [0.29, 0.717) is 53.0 Å². The number of aromatic nitrogens is 2. The summed E-state index contributed by atoms with van der Waals surface area (Å²) in [5.41, 5.74) is 2.60. The van der Waals surface area contributed by atoms with Gasteiger partial charge in [0.15, 0.2) is 11.5 Å². The Morgan fingerprint density at radius 3 is 2.37 bits per heavy atom. The zero-order valence-corrected chi connectivity index (χ0v) is 34.7. The topological polar surface area (TPSA) is 145 Å². The first-order valence-electron chi connectivity index (χ1n) is 20.7. The van der Waals surface area contributed by atoms with Gasteiger partial charge in [-0.25, -0.2) is 4.85 Å². The van der Waals surface area contributed by atoms with Crippen molar-refractivity contribution in [3.8, 4) is 5.75 Å². The van der Waals surface area contributed by atoms with Crippen molar-refractivity contribution in [1.29, 1.82) is 0 Å². The van der Waals surface area contributed by atoms with E-state index in [2.05, 4.69) is 74.1 Å². The molecule has 3 unspecified atom stereocenters. The standard InChI is InChI=1S/C44H50ClN9O5/c1-43(2)41(44(3,4)42(43)59-30-7-9-33(46-5)32(45)20-30)48-38(56)34-10-12-36(50-49-34)51-16-14-25(15-17-51)21-53-28-19-29(53)24-52(23-28)27-6-8-31-26(18-27)22-54(40(31)58)35-11-13-37(55)47-39(35)57/h6-10,12,18,20,25,28-29,35,41-42H,11,13-17,19,21-24H2,1-4H3,(H,48,56)(H,47,55,57). The van der Waals surface area contributed by atoms with Crippen molar-refractivity contribution < 1.29 is 23.9 Å². The molecular weight excluding hydrogens is 770 g/mol. The number of benzene rings is 2. The van der Waals surface area contributed by atoms with Crippen molar-refractivity contribution in [2.75, 3.05) is 42.5 Å². The average Bonchev–Trinajstić information content (AvgIpc) is 3.55. The number of piperidine rings is 3. The Bertz CT molecular complexity index is 2220. The largest absolute Gasteiger partial charge is 0.489 e. The van der Waals surface area contributed by atoms with Gasteiger partial charge in [0.05, 0.1) is 11.6 Å². The average molecular weight is 820 g/mol. The fraction of sp³-hybridized carbons (Fsp3) is 0.523. The molecule has 14 nitrogen and oxygen atoms in total. The number of piperazine rings is 1. The van der Waals surface area contributed by atoms with Crippen LogP contribution in [0.1, 0.15) is 86.2 Å². The van der Waals surface area contributed by atoms with Gasteiger partial charge < -0.3 is 24.8 Å². The minimum atomic E-state index is -0.606. The number of amides is 4. The smallest absolute Gasteiger partial charge is 0.272 e. The summed E-state index contributed by atoms with van der Waals surface area (Å²) in [6, 6.07) is 15.0. The number of imide groups is 1. The number of hydrogen-bond acceptors (Lipinski definition) is 10. The third-order valence-electron chi connectivity index (χ3n) is 13.9. The molecule has 10 rings (SSSR count). The van der Waals surface area contributed by atoms with Crippen molar-refractivity contribution in [2.24, 2.45) is 16.7 Å². The molecule has 1 saturated carbocycles. The predicted octanol–water partition coefficient (Wildman–Crippen LogP) is 5.23. The summed E-state index contributed by atoms with van der Waals surface area (Å²) in [7, 11) is 0. The number of halogens is 1. The van der Waals surface area contributed by atoms with Gasteiger partial charge in [-0.05, 0) is 79.6 Å². The normalized spacial score (nSPS) is 27.3. The lowest BCUT2D eigenvalue weighted by molar-refractivity contribution is -0.164. The first-order valence-corrected chi connectivity index (χ1v) is 21.1. The Kier molecular flexibility index (Phi) is 9.82. The zero-order valence-electron chi connectivity index (χ0n) is 33.9. The van der Waals surface area contributed by atoms with Gasteiger partial charge in [-0.1, -0.05) is 45.4 Å². The summed E-state index contributed by atoms with van der Waals surface area (Å²) >= 11 is 6.26. The molecule has 2 N–H and O–H groups in total. The van der Waals surface area contributed by atoms with Gasteiger partial charge in [0, 0.05) is 85.9 Å². The van der Waals surface area contributed by atoms with E-state index in [4.69, 9.17) is 22.9 Å². The van der Waals surface area contributed by atoms with Crippen molar-refractivity contribution in [1.82, 2.24) is 30.6 Å². The summed E-state index contributed by atoms with van der Waals surface area (Å²) in [6.45, 7) is 20.7. The molecule has 308 valence electrons. The van der Waals surface area contributed by atoms with Crippen LogP contribution in [0.25, 0.3) is 4.85 Å². The van der Waals surface area contributed by atoms with Crippen LogP contribution in [0.15, 0.2) is 48.5 Å². The molecule has 7 aliphatic rings. The third-order valence-corrected chi connectivity index (χ3v) is 14.2. The molecule has 1 aromatic heterocycles. The second-order valence-corrected chi connectivity index (χ2v) is 18.8. The SMILES string of the molecule is [C-]#[N+]c1ccc(OC2C(C)(C)C(NC(=O)c3ccc(N4CCC(CN5C6CC5CN(c5ccc7c(c5)CN(C5CCC(=O)NC5=O)C7=O)C6)CC4)nn3)C2(C)C)cc1Cl. The molecule has 4 amide bonds. The van der Waals surface area contributed by atoms with Crippen LogP contribution >= 0.6 is 11.6 Å². The van der Waals surface area contributed by atoms with Crippen LogP contribution in [-0.4, -0.2) is 107 Å². The predicted molar refractivity (Wildman–Crippen MR) is 222 cm³/mol. The third kappa shape index (κ3) is 6.95. The molecule has 7 heterocycles. The Morgan fingerprint density at radius 2 is 1.71 bits per heavy atom. The van der Waals surface area contributed by atoms with E-state index in [-0.39, 0.29) is 58.7 Å². The molecular formula is C44H50ClN9O5. The van der Waals surface area contributed by atoms with Crippen LogP contribution in [0, 0.1) is 23.3 Å². The van der Waals surface area contributed by atoms with Crippen molar-refractivity contribution in [3.05, 3.63) is 81.8 Å². The number of anilines is 2. The van der Waals surface area contributed by atoms with Gasteiger partial charge in [-0.15, -0.1) is 10.2 Å². The molecule has 2 bridgehead atoms. The Hall–Kier alpha value is -5.26. The second-order valence-electron chi connectivity index (χ2n) is 18.4. The molecule has 59 heavy (non-hydrogen) atoms. The van der Waals surface area contributed by atoms with E-state index in [1.807, 2.05) is 18.2 Å². The fourth-order valence-electron chi connectivity index (χ4n) is 11.0. The summed E-state index contributed by atoms with van der Waals surface area (Å²) < 4.78 is 6.38. The van der Waals surface area contributed by atoms with Gasteiger partial charge in [0.2, 0.25) is 17.5 Å². The number of fused-ring (bicyclic) bond motifs is 3. The number of nitrogens with zero attached hydrogens (tertiary/aromatic N) is 7. The highest BCUT2D eigenvalue weighted by Gasteiger charge is 2.64.